The molecular formula is C14H29ClN2. The minimum atomic E-state index is 0. The van der Waals surface area contributed by atoms with Crippen LogP contribution >= 0.6 is 12.4 Å². The Morgan fingerprint density at radius 1 is 1.12 bits per heavy atom. The maximum atomic E-state index is 3.52. The number of piperidine rings is 1. The average Bonchev–Trinajstić information content (AvgIpc) is 2.31. The van der Waals surface area contributed by atoms with Gasteiger partial charge in [-0.1, -0.05) is 6.92 Å². The molecule has 0 amide bonds. The van der Waals surface area contributed by atoms with E-state index in [4.69, 9.17) is 0 Å². The lowest BCUT2D eigenvalue weighted by Gasteiger charge is -2.36. The first kappa shape index (κ1) is 15.3. The number of hydrogen-bond donors (Lipinski definition) is 1. The summed E-state index contributed by atoms with van der Waals surface area (Å²) in [6.07, 6.45) is 8.55. The lowest BCUT2D eigenvalue weighted by Crippen LogP contribution is -2.42. The van der Waals surface area contributed by atoms with Gasteiger partial charge >= 0.3 is 0 Å². The van der Waals surface area contributed by atoms with Crippen LogP contribution in [0, 0.1) is 11.8 Å². The third-order valence-electron chi connectivity index (χ3n) is 4.55. The largest absolute Gasteiger partial charge is 0.316 e. The van der Waals surface area contributed by atoms with Gasteiger partial charge in [0.1, 0.15) is 0 Å². The van der Waals surface area contributed by atoms with Crippen LogP contribution in [0.25, 0.3) is 0 Å². The summed E-state index contributed by atoms with van der Waals surface area (Å²) in [5, 5.41) is 3.52. The molecule has 1 N–H and O–H groups in total. The van der Waals surface area contributed by atoms with Crippen LogP contribution in [-0.2, 0) is 0 Å². The van der Waals surface area contributed by atoms with Gasteiger partial charge in [0.15, 0.2) is 0 Å². The second-order valence-electron chi connectivity index (χ2n) is 6.07. The van der Waals surface area contributed by atoms with Crippen molar-refractivity contribution in [1.82, 2.24) is 10.2 Å². The zero-order chi connectivity index (χ0) is 11.4. The van der Waals surface area contributed by atoms with Gasteiger partial charge in [0.05, 0.1) is 0 Å². The number of nitrogens with one attached hydrogen (secondary N) is 1. The van der Waals surface area contributed by atoms with Crippen molar-refractivity contribution in [3.8, 4) is 0 Å². The first-order chi connectivity index (χ1) is 7.75. The first-order valence-corrected chi connectivity index (χ1v) is 7.16. The molecule has 17 heavy (non-hydrogen) atoms. The summed E-state index contributed by atoms with van der Waals surface area (Å²) in [6.45, 7) is 6.20. The molecule has 2 rings (SSSR count). The maximum Gasteiger partial charge on any atom is 0.00925 e. The molecule has 2 fully saturated rings. The Morgan fingerprint density at radius 3 is 2.41 bits per heavy atom. The fourth-order valence-electron chi connectivity index (χ4n) is 3.32. The highest BCUT2D eigenvalue weighted by atomic mass is 35.5. The van der Waals surface area contributed by atoms with Crippen molar-refractivity contribution in [1.29, 1.82) is 0 Å². The molecule has 1 aliphatic carbocycles. The lowest BCUT2D eigenvalue weighted by molar-refractivity contribution is 0.140. The SMILES string of the molecule is CC1CCC(N(C)CC2CCCNC2)CC1.Cl. The van der Waals surface area contributed by atoms with Crippen LogP contribution in [0.2, 0.25) is 0 Å². The van der Waals surface area contributed by atoms with Gasteiger partial charge in [-0.15, -0.1) is 12.4 Å². The summed E-state index contributed by atoms with van der Waals surface area (Å²) in [4.78, 5) is 2.64. The highest BCUT2D eigenvalue weighted by molar-refractivity contribution is 5.85. The van der Waals surface area contributed by atoms with Crippen LogP contribution in [0.1, 0.15) is 45.4 Å². The van der Waals surface area contributed by atoms with Gasteiger partial charge in [-0.2, -0.15) is 0 Å². The van der Waals surface area contributed by atoms with E-state index in [1.54, 1.807) is 0 Å². The Bertz CT molecular complexity index is 196. The van der Waals surface area contributed by atoms with Crippen molar-refractivity contribution in [3.63, 3.8) is 0 Å². The fraction of sp³-hybridized carbons (Fsp3) is 1.00. The number of hydrogen-bond acceptors (Lipinski definition) is 2. The Labute approximate surface area is 113 Å². The molecule has 1 aliphatic heterocycles. The summed E-state index contributed by atoms with van der Waals surface area (Å²) in [7, 11) is 2.34. The quantitative estimate of drug-likeness (QED) is 0.840. The van der Waals surface area contributed by atoms with Crippen LogP contribution in [-0.4, -0.2) is 37.6 Å². The zero-order valence-electron chi connectivity index (χ0n) is 11.5. The van der Waals surface area contributed by atoms with Crippen LogP contribution < -0.4 is 5.32 Å². The van der Waals surface area contributed by atoms with Gasteiger partial charge in [-0.3, -0.25) is 0 Å². The molecule has 1 saturated heterocycles. The predicted molar refractivity (Wildman–Crippen MR) is 76.9 cm³/mol. The molecule has 0 spiro atoms. The van der Waals surface area contributed by atoms with Gasteiger partial charge in [0.2, 0.25) is 0 Å². The molecule has 0 radical (unpaired) electrons. The Kier molecular flexibility index (Phi) is 6.83. The van der Waals surface area contributed by atoms with E-state index in [1.807, 2.05) is 0 Å². The molecule has 3 heteroatoms. The zero-order valence-corrected chi connectivity index (χ0v) is 12.3. The van der Waals surface area contributed by atoms with E-state index in [-0.39, 0.29) is 12.4 Å². The molecule has 0 aromatic rings. The fourth-order valence-corrected chi connectivity index (χ4v) is 3.32. The highest BCUT2D eigenvalue weighted by Gasteiger charge is 2.24. The van der Waals surface area contributed by atoms with Crippen LogP contribution in [0.4, 0.5) is 0 Å². The van der Waals surface area contributed by atoms with E-state index in [0.29, 0.717) is 0 Å². The van der Waals surface area contributed by atoms with E-state index >= 15 is 0 Å². The topological polar surface area (TPSA) is 15.3 Å². The third-order valence-corrected chi connectivity index (χ3v) is 4.55. The Hall–Kier alpha value is 0.210. The first-order valence-electron chi connectivity index (χ1n) is 7.16. The Morgan fingerprint density at radius 2 is 1.82 bits per heavy atom. The second-order valence-corrected chi connectivity index (χ2v) is 6.07. The summed E-state index contributed by atoms with van der Waals surface area (Å²) in [6, 6.07) is 0.873. The predicted octanol–water partition coefficient (Wildman–Crippen LogP) is 2.92. The second kappa shape index (κ2) is 7.60. The summed E-state index contributed by atoms with van der Waals surface area (Å²) >= 11 is 0. The van der Waals surface area contributed by atoms with Crippen molar-refractivity contribution in [2.75, 3.05) is 26.7 Å². The molecule has 1 saturated carbocycles. The normalized spacial score (nSPS) is 34.4. The summed E-state index contributed by atoms with van der Waals surface area (Å²) < 4.78 is 0. The highest BCUT2D eigenvalue weighted by Crippen LogP contribution is 2.27. The number of halogens is 1. The lowest BCUT2D eigenvalue weighted by atomic mass is 9.86. The van der Waals surface area contributed by atoms with Gasteiger partial charge in [-0.05, 0) is 70.5 Å². The summed E-state index contributed by atoms with van der Waals surface area (Å²) in [5.41, 5.74) is 0. The van der Waals surface area contributed by atoms with Gasteiger partial charge in [-0.25, -0.2) is 0 Å². The minimum Gasteiger partial charge on any atom is -0.316 e. The van der Waals surface area contributed by atoms with Gasteiger partial charge in [0, 0.05) is 12.6 Å². The molecule has 0 aromatic carbocycles. The number of nitrogens with zero attached hydrogens (tertiary/aromatic N) is 1. The van der Waals surface area contributed by atoms with Gasteiger partial charge in [0.25, 0.3) is 0 Å². The van der Waals surface area contributed by atoms with Crippen molar-refractivity contribution in [2.45, 2.75) is 51.5 Å². The third kappa shape index (κ3) is 4.76. The van der Waals surface area contributed by atoms with Crippen molar-refractivity contribution in [3.05, 3.63) is 0 Å². The van der Waals surface area contributed by atoms with E-state index in [1.165, 1.54) is 58.2 Å². The molecule has 2 nitrogen and oxygen atoms in total. The van der Waals surface area contributed by atoms with Gasteiger partial charge < -0.3 is 10.2 Å². The molecule has 0 bridgehead atoms. The van der Waals surface area contributed by atoms with E-state index in [2.05, 4.69) is 24.2 Å². The minimum absolute atomic E-state index is 0. The summed E-state index contributed by atoms with van der Waals surface area (Å²) in [5.74, 6) is 1.87. The molecule has 1 atom stereocenters. The molecule has 0 aromatic heterocycles. The number of rotatable bonds is 3. The van der Waals surface area contributed by atoms with Crippen molar-refractivity contribution in [2.24, 2.45) is 11.8 Å². The standard InChI is InChI=1S/C14H28N2.ClH/c1-12-5-7-14(8-6-12)16(2)11-13-4-3-9-15-10-13;/h12-15H,3-11H2,1-2H3;1H. The molecular weight excluding hydrogens is 232 g/mol. The van der Waals surface area contributed by atoms with E-state index < -0.39 is 0 Å². The van der Waals surface area contributed by atoms with Crippen molar-refractivity contribution >= 4 is 12.4 Å². The monoisotopic (exact) mass is 260 g/mol. The smallest absolute Gasteiger partial charge is 0.00925 e. The van der Waals surface area contributed by atoms with Crippen LogP contribution in [0.3, 0.4) is 0 Å². The maximum absolute atomic E-state index is 3.52. The Balaban J connectivity index is 0.00000144. The van der Waals surface area contributed by atoms with E-state index in [0.717, 1.165) is 17.9 Å². The average molecular weight is 261 g/mol. The molecule has 102 valence electrons. The molecule has 1 heterocycles. The van der Waals surface area contributed by atoms with Crippen LogP contribution in [0.15, 0.2) is 0 Å². The van der Waals surface area contributed by atoms with Crippen LogP contribution in [0.5, 0.6) is 0 Å². The molecule has 2 aliphatic rings. The molecule has 1 unspecified atom stereocenters. The van der Waals surface area contributed by atoms with E-state index in [9.17, 15) is 0 Å². The van der Waals surface area contributed by atoms with Crippen molar-refractivity contribution < 1.29 is 0 Å².